The highest BCUT2D eigenvalue weighted by molar-refractivity contribution is 6.31. The van der Waals surface area contributed by atoms with Gasteiger partial charge in [0, 0.05) is 21.2 Å². The van der Waals surface area contributed by atoms with Gasteiger partial charge in [-0.25, -0.2) is 0 Å². The number of carbonyl (C=O) groups is 1. The van der Waals surface area contributed by atoms with Crippen molar-refractivity contribution in [3.63, 3.8) is 0 Å². The maximum absolute atomic E-state index is 12.1. The Labute approximate surface area is 142 Å². The van der Waals surface area contributed by atoms with Crippen LogP contribution in [0.15, 0.2) is 54.1 Å². The van der Waals surface area contributed by atoms with E-state index in [0.717, 1.165) is 0 Å². The van der Waals surface area contributed by atoms with Gasteiger partial charge in [-0.05, 0) is 29.8 Å². The number of nitrogens with zero attached hydrogens (tertiary/aromatic N) is 1. The van der Waals surface area contributed by atoms with E-state index in [1.54, 1.807) is 48.5 Å². The molecule has 2 aromatic rings. The third kappa shape index (κ3) is 2.60. The molecule has 1 amide bonds. The van der Waals surface area contributed by atoms with Crippen LogP contribution in [0, 0.1) is 11.3 Å². The van der Waals surface area contributed by atoms with Crippen LogP contribution in [0.4, 0.5) is 0 Å². The first-order chi connectivity index (χ1) is 11.0. The van der Waals surface area contributed by atoms with Gasteiger partial charge < -0.3 is 10.4 Å². The average molecular weight is 345 g/mol. The van der Waals surface area contributed by atoms with Gasteiger partial charge in [0.1, 0.15) is 11.6 Å². The molecule has 0 bridgehead atoms. The van der Waals surface area contributed by atoms with Crippen molar-refractivity contribution in [3.05, 3.63) is 75.3 Å². The van der Waals surface area contributed by atoms with Crippen LogP contribution >= 0.6 is 23.2 Å². The van der Waals surface area contributed by atoms with E-state index in [0.29, 0.717) is 21.2 Å². The third-order valence-electron chi connectivity index (χ3n) is 3.64. The summed E-state index contributed by atoms with van der Waals surface area (Å²) in [7, 11) is 0. The molecule has 23 heavy (non-hydrogen) atoms. The number of halogens is 2. The number of hydrogen-bond donors (Lipinski definition) is 2. The molecule has 3 rings (SSSR count). The van der Waals surface area contributed by atoms with Gasteiger partial charge in [0.15, 0.2) is 5.72 Å². The predicted molar refractivity (Wildman–Crippen MR) is 87.5 cm³/mol. The van der Waals surface area contributed by atoms with Crippen molar-refractivity contribution in [2.45, 2.75) is 5.72 Å². The summed E-state index contributed by atoms with van der Waals surface area (Å²) < 4.78 is 0. The Morgan fingerprint density at radius 3 is 2.04 bits per heavy atom. The second kappa shape index (κ2) is 5.71. The molecule has 0 saturated carbocycles. The van der Waals surface area contributed by atoms with Gasteiger partial charge in [-0.1, -0.05) is 47.5 Å². The molecule has 0 fully saturated rings. The zero-order chi connectivity index (χ0) is 16.6. The highest BCUT2D eigenvalue weighted by atomic mass is 35.5. The number of rotatable bonds is 2. The normalized spacial score (nSPS) is 20.3. The van der Waals surface area contributed by atoms with Gasteiger partial charge in [0.25, 0.3) is 5.91 Å². The lowest BCUT2D eigenvalue weighted by Gasteiger charge is -2.27. The van der Waals surface area contributed by atoms with Gasteiger partial charge in [-0.3, -0.25) is 4.79 Å². The second-order valence-electron chi connectivity index (χ2n) is 5.04. The molecule has 1 aliphatic heterocycles. The quantitative estimate of drug-likeness (QED) is 0.878. The second-order valence-corrected chi connectivity index (χ2v) is 5.91. The molecular formula is C17H10Cl2N2O2. The first-order valence-electron chi connectivity index (χ1n) is 6.67. The average Bonchev–Trinajstić information content (AvgIpc) is 2.80. The van der Waals surface area contributed by atoms with E-state index >= 15 is 0 Å². The molecular weight excluding hydrogens is 335 g/mol. The standard InChI is InChI=1S/C17H10Cl2N2O2/c18-12-5-1-10(2-6-12)15-14(9-20)16(22)21-17(15,23)11-3-7-13(19)8-4-11/h1-8,23H,(H,21,22)/t17-/m1/s1. The third-order valence-corrected chi connectivity index (χ3v) is 4.14. The van der Waals surface area contributed by atoms with Gasteiger partial charge in [0.05, 0.1) is 0 Å². The Bertz CT molecular complexity index is 852. The van der Waals surface area contributed by atoms with Gasteiger partial charge in [-0.15, -0.1) is 0 Å². The SMILES string of the molecule is N#CC1=C(c2ccc(Cl)cc2)[C@](O)(c2ccc(Cl)cc2)NC1=O. The molecule has 0 unspecified atom stereocenters. The van der Waals surface area contributed by atoms with Gasteiger partial charge in [-0.2, -0.15) is 5.26 Å². The van der Waals surface area contributed by atoms with Gasteiger partial charge >= 0.3 is 0 Å². The smallest absolute Gasteiger partial charge is 0.265 e. The lowest BCUT2D eigenvalue weighted by atomic mass is 9.89. The summed E-state index contributed by atoms with van der Waals surface area (Å²) in [4.78, 5) is 12.1. The van der Waals surface area contributed by atoms with Crippen LogP contribution in [-0.2, 0) is 10.5 Å². The Morgan fingerprint density at radius 2 is 1.52 bits per heavy atom. The molecule has 0 spiro atoms. The Balaban J connectivity index is 2.22. The highest BCUT2D eigenvalue weighted by Gasteiger charge is 2.45. The molecule has 0 aromatic heterocycles. The van der Waals surface area contributed by atoms with Crippen molar-refractivity contribution in [2.75, 3.05) is 0 Å². The number of nitrogens with one attached hydrogen (secondary N) is 1. The van der Waals surface area contributed by atoms with Crippen LogP contribution in [0.1, 0.15) is 11.1 Å². The minimum absolute atomic E-state index is 0.134. The Morgan fingerprint density at radius 1 is 1.00 bits per heavy atom. The molecule has 2 N–H and O–H groups in total. The predicted octanol–water partition coefficient (Wildman–Crippen LogP) is 3.25. The Hall–Kier alpha value is -2.32. The summed E-state index contributed by atoms with van der Waals surface area (Å²) in [6.45, 7) is 0. The summed E-state index contributed by atoms with van der Waals surface area (Å²) in [5, 5.41) is 23.9. The van der Waals surface area contributed by atoms with Crippen LogP contribution in [0.5, 0.6) is 0 Å². The van der Waals surface area contributed by atoms with Crippen molar-refractivity contribution in [3.8, 4) is 6.07 Å². The lowest BCUT2D eigenvalue weighted by molar-refractivity contribution is -0.120. The topological polar surface area (TPSA) is 73.1 Å². The van der Waals surface area contributed by atoms with E-state index in [1.165, 1.54) is 0 Å². The summed E-state index contributed by atoms with van der Waals surface area (Å²) in [5.41, 5.74) is -0.804. The molecule has 4 nitrogen and oxygen atoms in total. The fourth-order valence-electron chi connectivity index (χ4n) is 2.57. The zero-order valence-corrected chi connectivity index (χ0v) is 13.2. The van der Waals surface area contributed by atoms with Crippen molar-refractivity contribution in [1.82, 2.24) is 5.32 Å². The van der Waals surface area contributed by atoms with E-state index in [2.05, 4.69) is 5.32 Å². The van der Waals surface area contributed by atoms with Crippen LogP contribution in [0.3, 0.4) is 0 Å². The zero-order valence-electron chi connectivity index (χ0n) is 11.7. The molecule has 114 valence electrons. The number of hydrogen-bond acceptors (Lipinski definition) is 3. The maximum Gasteiger partial charge on any atom is 0.265 e. The molecule has 0 radical (unpaired) electrons. The molecule has 0 saturated heterocycles. The molecule has 1 heterocycles. The van der Waals surface area contributed by atoms with Crippen molar-refractivity contribution in [2.24, 2.45) is 0 Å². The largest absolute Gasteiger partial charge is 0.363 e. The Kier molecular flexibility index (Phi) is 3.87. The lowest BCUT2D eigenvalue weighted by Crippen LogP contribution is -2.41. The molecule has 0 aliphatic carbocycles. The fraction of sp³-hybridized carbons (Fsp3) is 0.0588. The van der Waals surface area contributed by atoms with E-state index in [4.69, 9.17) is 23.2 Å². The minimum Gasteiger partial charge on any atom is -0.363 e. The number of nitriles is 1. The summed E-state index contributed by atoms with van der Waals surface area (Å²) in [6, 6.07) is 14.8. The first kappa shape index (κ1) is 15.6. The molecule has 2 aromatic carbocycles. The minimum atomic E-state index is -1.80. The van der Waals surface area contributed by atoms with Crippen LogP contribution in [0.25, 0.3) is 5.57 Å². The van der Waals surface area contributed by atoms with Crippen LogP contribution in [-0.4, -0.2) is 11.0 Å². The van der Waals surface area contributed by atoms with Crippen molar-refractivity contribution >= 4 is 34.7 Å². The van der Waals surface area contributed by atoms with Gasteiger partial charge in [0.2, 0.25) is 0 Å². The summed E-state index contributed by atoms with van der Waals surface area (Å²) in [6.07, 6.45) is 0. The summed E-state index contributed by atoms with van der Waals surface area (Å²) in [5.74, 6) is -0.630. The molecule has 6 heteroatoms. The molecule has 1 atom stereocenters. The summed E-state index contributed by atoms with van der Waals surface area (Å²) >= 11 is 11.8. The number of carbonyl (C=O) groups excluding carboxylic acids is 1. The first-order valence-corrected chi connectivity index (χ1v) is 7.43. The number of aliphatic hydroxyl groups is 1. The number of amides is 1. The van der Waals surface area contributed by atoms with E-state index in [1.807, 2.05) is 6.07 Å². The van der Waals surface area contributed by atoms with E-state index < -0.39 is 11.6 Å². The van der Waals surface area contributed by atoms with E-state index in [-0.39, 0.29) is 11.1 Å². The van der Waals surface area contributed by atoms with E-state index in [9.17, 15) is 15.2 Å². The molecule has 1 aliphatic rings. The van der Waals surface area contributed by atoms with Crippen LogP contribution in [0.2, 0.25) is 10.0 Å². The number of benzene rings is 2. The fourth-order valence-corrected chi connectivity index (χ4v) is 2.82. The highest BCUT2D eigenvalue weighted by Crippen LogP contribution is 2.41. The van der Waals surface area contributed by atoms with Crippen LogP contribution < -0.4 is 5.32 Å². The monoisotopic (exact) mass is 344 g/mol. The maximum atomic E-state index is 12.1. The van der Waals surface area contributed by atoms with Crippen molar-refractivity contribution < 1.29 is 9.90 Å². The van der Waals surface area contributed by atoms with Crippen molar-refractivity contribution in [1.29, 1.82) is 5.26 Å².